The molecule has 6 aromatic rings. The molecule has 1 nitrogen and oxygen atoms in total. The lowest BCUT2D eigenvalue weighted by Gasteiger charge is -2.42. The van der Waals surface area contributed by atoms with Crippen LogP contribution >= 0.6 is 23.5 Å². The van der Waals surface area contributed by atoms with Crippen LogP contribution < -0.4 is 32.8 Å². The van der Waals surface area contributed by atoms with Gasteiger partial charge in [0.2, 0.25) is 13.4 Å². The third-order valence-corrected chi connectivity index (χ3v) is 12.4. The zero-order chi connectivity index (χ0) is 26.3. The summed E-state index contributed by atoms with van der Waals surface area (Å²) in [7, 11) is 0. The van der Waals surface area contributed by atoms with E-state index in [9.17, 15) is 0 Å². The van der Waals surface area contributed by atoms with Crippen LogP contribution in [-0.2, 0) is 0 Å². The highest BCUT2D eigenvalue weighted by atomic mass is 32.2. The number of benzene rings is 5. The fourth-order valence-electron chi connectivity index (χ4n) is 8.43. The maximum Gasteiger partial charge on any atom is 0.249 e. The minimum atomic E-state index is 0.269. The predicted octanol–water partition coefficient (Wildman–Crippen LogP) is 5.28. The number of para-hydroxylation sites is 2. The molecule has 40 heavy (non-hydrogen) atoms. The summed E-state index contributed by atoms with van der Waals surface area (Å²) in [6.07, 6.45) is 2.41. The highest BCUT2D eigenvalue weighted by molar-refractivity contribution is 8.01. The van der Waals surface area contributed by atoms with Gasteiger partial charge in [-0.1, -0.05) is 128 Å². The fourth-order valence-corrected chi connectivity index (χ4v) is 11.3. The number of aromatic nitrogens is 1. The minimum absolute atomic E-state index is 0.269. The second-order valence-electron chi connectivity index (χ2n) is 11.9. The zero-order valence-electron chi connectivity index (χ0n) is 22.5. The van der Waals surface area contributed by atoms with E-state index in [4.69, 9.17) is 0 Å². The Hall–Kier alpha value is -3.27. The summed E-state index contributed by atoms with van der Waals surface area (Å²) in [4.78, 5) is 5.92. The Balaban J connectivity index is 1.49. The van der Waals surface area contributed by atoms with Crippen LogP contribution in [0.4, 0.5) is 0 Å². The Morgan fingerprint density at radius 1 is 0.650 bits per heavy atom. The summed E-state index contributed by atoms with van der Waals surface area (Å²) in [6.45, 7) is 5.36. The van der Waals surface area contributed by atoms with Crippen molar-refractivity contribution in [2.75, 3.05) is 0 Å². The first-order chi connectivity index (χ1) is 19.8. The van der Waals surface area contributed by atoms with Crippen molar-refractivity contribution in [1.29, 1.82) is 0 Å². The molecule has 5 heteroatoms. The third kappa shape index (κ3) is 2.50. The van der Waals surface area contributed by atoms with Crippen molar-refractivity contribution in [3.05, 3.63) is 90.5 Å². The van der Waals surface area contributed by atoms with Crippen LogP contribution in [0, 0.1) is 0 Å². The van der Waals surface area contributed by atoms with Gasteiger partial charge in [-0.2, -0.15) is 0 Å². The number of hydrogen-bond donors (Lipinski definition) is 0. The molecule has 10 rings (SSSR count). The van der Waals surface area contributed by atoms with Crippen molar-refractivity contribution in [3.8, 4) is 5.69 Å². The van der Waals surface area contributed by atoms with Gasteiger partial charge in [-0.05, 0) is 51.9 Å². The Kier molecular flexibility index (Phi) is 4.33. The van der Waals surface area contributed by atoms with Crippen molar-refractivity contribution in [2.45, 2.75) is 52.2 Å². The molecule has 1 atom stereocenters. The van der Waals surface area contributed by atoms with E-state index < -0.39 is 0 Å². The summed E-state index contributed by atoms with van der Waals surface area (Å²) in [6, 6.07) is 32.6. The van der Waals surface area contributed by atoms with Crippen molar-refractivity contribution in [3.63, 3.8) is 0 Å². The summed E-state index contributed by atoms with van der Waals surface area (Å²) in [5.74, 6) is 0.507. The van der Waals surface area contributed by atoms with E-state index >= 15 is 0 Å². The van der Waals surface area contributed by atoms with Gasteiger partial charge >= 0.3 is 0 Å². The lowest BCUT2D eigenvalue weighted by atomic mass is 9.31. The Labute approximate surface area is 243 Å². The topological polar surface area (TPSA) is 4.93 Å². The number of fused-ring (bicyclic) bond motifs is 7. The molecule has 1 aromatic heterocycles. The summed E-state index contributed by atoms with van der Waals surface area (Å²) in [5, 5.41) is 2.79. The van der Waals surface area contributed by atoms with E-state index in [2.05, 4.69) is 103 Å². The second kappa shape index (κ2) is 7.72. The summed E-state index contributed by atoms with van der Waals surface area (Å²) in [5.41, 5.74) is 15.0. The van der Waals surface area contributed by atoms with Crippen LogP contribution in [-0.4, -0.2) is 18.0 Å². The van der Waals surface area contributed by atoms with Crippen LogP contribution in [0.15, 0.2) is 105 Å². The summed E-state index contributed by atoms with van der Waals surface area (Å²) < 4.78 is 2.71. The lowest BCUT2D eigenvalue weighted by molar-refractivity contribution is 0.646. The molecule has 0 fully saturated rings. The van der Waals surface area contributed by atoms with Gasteiger partial charge in [0.15, 0.2) is 0 Å². The van der Waals surface area contributed by atoms with E-state index in [1.807, 2.05) is 23.5 Å². The fraction of sp³-hybridized carbons (Fsp3) is 0.143. The SMILES string of the molecule is CCCC(C)c1c2c3c4c5c1Sc1ccccc1B5c1cccc5c6cccc(c6n-4c15)B3c1ccccc1S2. The molecule has 5 heterocycles. The van der Waals surface area contributed by atoms with E-state index in [1.165, 1.54) is 81.8 Å². The van der Waals surface area contributed by atoms with Gasteiger partial charge in [0.25, 0.3) is 0 Å². The van der Waals surface area contributed by atoms with E-state index in [-0.39, 0.29) is 13.4 Å². The molecule has 0 saturated carbocycles. The average Bonchev–Trinajstić information content (AvgIpc) is 3.33. The van der Waals surface area contributed by atoms with E-state index in [0.717, 1.165) is 0 Å². The van der Waals surface area contributed by atoms with Gasteiger partial charge in [0, 0.05) is 47.1 Å². The van der Waals surface area contributed by atoms with E-state index in [1.54, 1.807) is 16.5 Å². The normalized spacial score (nSPS) is 15.6. The largest absolute Gasteiger partial charge is 0.311 e. The van der Waals surface area contributed by atoms with Gasteiger partial charge in [0.05, 0.1) is 0 Å². The highest BCUT2D eigenvalue weighted by Gasteiger charge is 2.49. The molecule has 188 valence electrons. The Morgan fingerprint density at radius 2 is 1.15 bits per heavy atom. The third-order valence-electron chi connectivity index (χ3n) is 9.88. The number of nitrogens with zero attached hydrogens (tertiary/aromatic N) is 1. The molecule has 1 unspecified atom stereocenters. The molecular formula is C35H25B2NS2. The van der Waals surface area contributed by atoms with Gasteiger partial charge in [-0.15, -0.1) is 0 Å². The minimum Gasteiger partial charge on any atom is -0.311 e. The quantitative estimate of drug-likeness (QED) is 0.279. The molecule has 0 N–H and O–H groups in total. The van der Waals surface area contributed by atoms with Gasteiger partial charge in [0.1, 0.15) is 0 Å². The van der Waals surface area contributed by atoms with Gasteiger partial charge in [-0.3, -0.25) is 0 Å². The smallest absolute Gasteiger partial charge is 0.249 e. The molecule has 0 spiro atoms. The molecule has 4 aliphatic heterocycles. The number of rotatable bonds is 3. The summed E-state index contributed by atoms with van der Waals surface area (Å²) >= 11 is 4.08. The van der Waals surface area contributed by atoms with Crippen LogP contribution in [0.3, 0.4) is 0 Å². The zero-order valence-corrected chi connectivity index (χ0v) is 24.1. The van der Waals surface area contributed by atoms with E-state index in [0.29, 0.717) is 5.92 Å². The van der Waals surface area contributed by atoms with Crippen LogP contribution in [0.5, 0.6) is 0 Å². The predicted molar refractivity (Wildman–Crippen MR) is 175 cm³/mol. The van der Waals surface area contributed by atoms with Crippen molar-refractivity contribution in [1.82, 2.24) is 4.57 Å². The molecule has 0 aliphatic carbocycles. The number of hydrogen-bond acceptors (Lipinski definition) is 2. The first kappa shape index (κ1) is 22.4. The van der Waals surface area contributed by atoms with Crippen molar-refractivity contribution in [2.24, 2.45) is 0 Å². The maximum atomic E-state index is 2.71. The Bertz CT molecular complexity index is 1990. The van der Waals surface area contributed by atoms with Gasteiger partial charge in [-0.25, -0.2) is 0 Å². The molecule has 0 amide bonds. The van der Waals surface area contributed by atoms with Gasteiger partial charge < -0.3 is 4.57 Å². The van der Waals surface area contributed by atoms with Crippen LogP contribution in [0.25, 0.3) is 27.5 Å². The average molecular weight is 545 g/mol. The molecular weight excluding hydrogens is 520 g/mol. The highest BCUT2D eigenvalue weighted by Crippen LogP contribution is 2.48. The molecule has 0 bridgehead atoms. The van der Waals surface area contributed by atoms with Crippen LogP contribution in [0.1, 0.15) is 38.2 Å². The molecule has 0 radical (unpaired) electrons. The molecule has 0 saturated heterocycles. The standard InChI is InChI=1S/C35H25B2NS2/c1-3-10-19(2)28-34-29-33-30-35(28)40-27-18-7-5-14-23(27)37(30)25-16-9-12-21-20-11-8-15-24(31(20)38(33)32(21)25)36(29)22-13-4-6-17-26(22)39-34/h4-9,11-19H,3,10H2,1-2H3. The monoisotopic (exact) mass is 545 g/mol. The lowest BCUT2D eigenvalue weighted by Crippen LogP contribution is -2.66. The molecule has 5 aromatic carbocycles. The Morgan fingerprint density at radius 3 is 1.68 bits per heavy atom. The van der Waals surface area contributed by atoms with Crippen molar-refractivity contribution >= 4 is 91.5 Å². The first-order valence-electron chi connectivity index (χ1n) is 14.6. The molecule has 4 aliphatic rings. The second-order valence-corrected chi connectivity index (χ2v) is 14.0. The first-order valence-corrected chi connectivity index (χ1v) is 16.2. The van der Waals surface area contributed by atoms with Crippen molar-refractivity contribution < 1.29 is 0 Å². The van der Waals surface area contributed by atoms with Crippen LogP contribution in [0.2, 0.25) is 0 Å². The maximum absolute atomic E-state index is 2.71.